The van der Waals surface area contributed by atoms with Gasteiger partial charge in [-0.3, -0.25) is 0 Å². The van der Waals surface area contributed by atoms with Gasteiger partial charge in [0.1, 0.15) is 0 Å². The highest BCUT2D eigenvalue weighted by Crippen LogP contribution is 2.51. The molecule has 0 fully saturated rings. The summed E-state index contributed by atoms with van der Waals surface area (Å²) in [6.45, 7) is 0. The average molecular weight is 765 g/mol. The first-order chi connectivity index (χ1) is 29.8. The monoisotopic (exact) mass is 764 g/mol. The van der Waals surface area contributed by atoms with E-state index < -0.39 is 0 Å². The lowest BCUT2D eigenvalue weighted by atomic mass is 9.81. The van der Waals surface area contributed by atoms with Gasteiger partial charge in [-0.25, -0.2) is 9.97 Å². The van der Waals surface area contributed by atoms with E-state index in [1.807, 2.05) is 0 Å². The standard InChI is InChI=1S/C58H40N2/c1-7-23-41(24-8-1)47-35-19-21-37-49(47)51-39-53(43-27-11-3-12-28-43)59-57(45-31-15-5-16-32-45)55(51)56-52(50-38-22-20-36-48(50)42-25-9-2-10-26-42)40-54(44-29-13-4-14-30-44)60-58(56)46-33-17-6-18-34-46/h1-40H. The fraction of sp³-hybridized carbons (Fsp3) is 0. The van der Waals surface area contributed by atoms with Crippen molar-refractivity contribution in [2.75, 3.05) is 0 Å². The predicted molar refractivity (Wildman–Crippen MR) is 251 cm³/mol. The van der Waals surface area contributed by atoms with E-state index in [0.29, 0.717) is 0 Å². The van der Waals surface area contributed by atoms with E-state index in [9.17, 15) is 0 Å². The lowest BCUT2D eigenvalue weighted by molar-refractivity contribution is 1.29. The van der Waals surface area contributed by atoms with Crippen LogP contribution in [0.1, 0.15) is 0 Å². The molecular formula is C58H40N2. The van der Waals surface area contributed by atoms with Gasteiger partial charge in [-0.1, -0.05) is 231 Å². The molecule has 10 aromatic rings. The number of aromatic nitrogens is 2. The Balaban J connectivity index is 1.43. The minimum atomic E-state index is 0.889. The van der Waals surface area contributed by atoms with Gasteiger partial charge < -0.3 is 0 Å². The second-order valence-electron chi connectivity index (χ2n) is 14.8. The van der Waals surface area contributed by atoms with Gasteiger partial charge in [0.05, 0.1) is 22.8 Å². The van der Waals surface area contributed by atoms with Crippen LogP contribution in [-0.2, 0) is 0 Å². The molecule has 0 saturated carbocycles. The van der Waals surface area contributed by atoms with Crippen LogP contribution in [0.2, 0.25) is 0 Å². The molecule has 2 heteroatoms. The molecule has 0 atom stereocenters. The first-order valence-corrected chi connectivity index (χ1v) is 20.4. The highest BCUT2D eigenvalue weighted by Gasteiger charge is 2.28. The third-order valence-corrected chi connectivity index (χ3v) is 11.1. The summed E-state index contributed by atoms with van der Waals surface area (Å²) in [5, 5.41) is 0. The molecule has 0 aliphatic heterocycles. The van der Waals surface area contributed by atoms with Crippen LogP contribution in [0, 0.1) is 0 Å². The number of pyridine rings is 2. The molecule has 0 unspecified atom stereocenters. The Bertz CT molecular complexity index is 2830. The lowest BCUT2D eigenvalue weighted by Crippen LogP contribution is -2.03. The zero-order valence-electron chi connectivity index (χ0n) is 33.0. The Morgan fingerprint density at radius 2 is 0.450 bits per heavy atom. The van der Waals surface area contributed by atoms with Crippen molar-refractivity contribution in [3.63, 3.8) is 0 Å². The molecule has 0 aliphatic rings. The van der Waals surface area contributed by atoms with Crippen molar-refractivity contribution in [2.24, 2.45) is 0 Å². The fourth-order valence-electron chi connectivity index (χ4n) is 8.32. The van der Waals surface area contributed by atoms with E-state index in [2.05, 4.69) is 243 Å². The van der Waals surface area contributed by atoms with E-state index in [0.717, 1.165) is 101 Å². The normalized spacial score (nSPS) is 11.0. The van der Waals surface area contributed by atoms with Crippen molar-refractivity contribution >= 4 is 0 Å². The van der Waals surface area contributed by atoms with Crippen LogP contribution in [0.5, 0.6) is 0 Å². The highest BCUT2D eigenvalue weighted by molar-refractivity contribution is 6.08. The van der Waals surface area contributed by atoms with Crippen molar-refractivity contribution in [1.82, 2.24) is 9.97 Å². The van der Waals surface area contributed by atoms with E-state index >= 15 is 0 Å². The first kappa shape index (κ1) is 36.4. The Kier molecular flexibility index (Phi) is 10.0. The summed E-state index contributed by atoms with van der Waals surface area (Å²) in [5.74, 6) is 0. The van der Waals surface area contributed by atoms with E-state index in [-0.39, 0.29) is 0 Å². The Morgan fingerprint density at radius 3 is 0.767 bits per heavy atom. The molecule has 60 heavy (non-hydrogen) atoms. The van der Waals surface area contributed by atoms with Crippen LogP contribution in [0.15, 0.2) is 243 Å². The maximum absolute atomic E-state index is 5.68. The topological polar surface area (TPSA) is 25.8 Å². The van der Waals surface area contributed by atoms with Crippen LogP contribution in [0.4, 0.5) is 0 Å². The molecule has 0 bridgehead atoms. The second-order valence-corrected chi connectivity index (χ2v) is 14.8. The van der Waals surface area contributed by atoms with Crippen LogP contribution in [-0.4, -0.2) is 9.97 Å². The summed E-state index contributed by atoms with van der Waals surface area (Å²) in [6, 6.07) is 85.9. The zero-order chi connectivity index (χ0) is 40.1. The van der Waals surface area contributed by atoms with Crippen molar-refractivity contribution in [3.05, 3.63) is 243 Å². The molecule has 2 nitrogen and oxygen atoms in total. The summed E-state index contributed by atoms with van der Waals surface area (Å²) in [4.78, 5) is 11.4. The summed E-state index contributed by atoms with van der Waals surface area (Å²) >= 11 is 0. The molecule has 0 saturated heterocycles. The highest BCUT2D eigenvalue weighted by atomic mass is 14.8. The lowest BCUT2D eigenvalue weighted by Gasteiger charge is -2.25. The first-order valence-electron chi connectivity index (χ1n) is 20.4. The Labute approximate surface area is 351 Å². The van der Waals surface area contributed by atoms with Gasteiger partial charge in [0.2, 0.25) is 0 Å². The molecule has 0 radical (unpaired) electrons. The van der Waals surface area contributed by atoms with Gasteiger partial charge in [0, 0.05) is 33.4 Å². The Hall–Kier alpha value is -7.94. The van der Waals surface area contributed by atoms with Crippen molar-refractivity contribution in [1.29, 1.82) is 0 Å². The third kappa shape index (κ3) is 7.12. The Morgan fingerprint density at radius 1 is 0.200 bits per heavy atom. The van der Waals surface area contributed by atoms with Gasteiger partial charge in [-0.15, -0.1) is 0 Å². The van der Waals surface area contributed by atoms with Gasteiger partial charge in [0.25, 0.3) is 0 Å². The number of rotatable bonds is 9. The molecule has 2 heterocycles. The molecule has 2 aromatic heterocycles. The molecule has 10 rings (SSSR count). The van der Waals surface area contributed by atoms with Gasteiger partial charge >= 0.3 is 0 Å². The molecule has 282 valence electrons. The quantitative estimate of drug-likeness (QED) is 0.146. The number of nitrogens with zero attached hydrogens (tertiary/aromatic N) is 2. The van der Waals surface area contributed by atoms with Gasteiger partial charge in [0.15, 0.2) is 0 Å². The van der Waals surface area contributed by atoms with E-state index in [4.69, 9.17) is 9.97 Å². The summed E-state index contributed by atoms with van der Waals surface area (Å²) in [5.41, 5.74) is 18.7. The summed E-state index contributed by atoms with van der Waals surface area (Å²) < 4.78 is 0. The number of hydrogen-bond acceptors (Lipinski definition) is 2. The number of hydrogen-bond donors (Lipinski definition) is 0. The van der Waals surface area contributed by atoms with Gasteiger partial charge in [-0.05, 0) is 56.6 Å². The maximum Gasteiger partial charge on any atom is 0.0795 e. The fourth-order valence-corrected chi connectivity index (χ4v) is 8.32. The van der Waals surface area contributed by atoms with Gasteiger partial charge in [-0.2, -0.15) is 0 Å². The maximum atomic E-state index is 5.68. The second kappa shape index (κ2) is 16.5. The van der Waals surface area contributed by atoms with Crippen molar-refractivity contribution in [3.8, 4) is 101 Å². The zero-order valence-corrected chi connectivity index (χ0v) is 33.0. The molecule has 0 aliphatic carbocycles. The van der Waals surface area contributed by atoms with Crippen LogP contribution >= 0.6 is 0 Å². The smallest absolute Gasteiger partial charge is 0.0795 e. The van der Waals surface area contributed by atoms with Crippen molar-refractivity contribution < 1.29 is 0 Å². The number of benzene rings is 8. The van der Waals surface area contributed by atoms with Crippen LogP contribution in [0.3, 0.4) is 0 Å². The molecule has 0 amide bonds. The van der Waals surface area contributed by atoms with E-state index in [1.165, 1.54) is 0 Å². The van der Waals surface area contributed by atoms with Crippen molar-refractivity contribution in [2.45, 2.75) is 0 Å². The molecule has 8 aromatic carbocycles. The summed E-state index contributed by atoms with van der Waals surface area (Å²) in [6.07, 6.45) is 0. The average Bonchev–Trinajstić information content (AvgIpc) is 3.35. The minimum absolute atomic E-state index is 0.889. The predicted octanol–water partition coefficient (Wildman–Crippen LogP) is 15.5. The minimum Gasteiger partial charge on any atom is -0.247 e. The summed E-state index contributed by atoms with van der Waals surface area (Å²) in [7, 11) is 0. The largest absolute Gasteiger partial charge is 0.247 e. The molecular weight excluding hydrogens is 725 g/mol. The SMILES string of the molecule is c1ccc(-c2cc(-c3ccccc3-c3ccccc3)c(-c3c(-c4ccccc4-c4ccccc4)cc(-c4ccccc4)nc3-c3ccccc3)c(-c3ccccc3)n2)cc1. The van der Waals surface area contributed by atoms with Crippen LogP contribution in [0.25, 0.3) is 101 Å². The molecule has 0 spiro atoms. The van der Waals surface area contributed by atoms with E-state index in [1.54, 1.807) is 0 Å². The van der Waals surface area contributed by atoms with Crippen LogP contribution < -0.4 is 0 Å². The molecule has 0 N–H and O–H groups in total. The third-order valence-electron chi connectivity index (χ3n) is 11.1.